The molecule has 1 aliphatic heterocycles. The van der Waals surface area contributed by atoms with Crippen LogP contribution in [0.3, 0.4) is 0 Å². The molecule has 1 heterocycles. The minimum Gasteiger partial charge on any atom is -0.492 e. The van der Waals surface area contributed by atoms with Crippen molar-refractivity contribution in [2.45, 2.75) is 19.1 Å². The standard InChI is InChI=1S/C12H14BrClO3/c13-10-8-9(14)2-3-11(10)15-7-4-12-16-5-1-6-17-12/h2-3,8,12H,1,4-7H2. The number of hydrogen-bond acceptors (Lipinski definition) is 3. The Hall–Kier alpha value is -0.290. The van der Waals surface area contributed by atoms with Crippen LogP contribution in [0.4, 0.5) is 0 Å². The lowest BCUT2D eigenvalue weighted by Crippen LogP contribution is -2.26. The Kier molecular flexibility index (Phi) is 5.10. The summed E-state index contributed by atoms with van der Waals surface area (Å²) in [6.07, 6.45) is 1.57. The van der Waals surface area contributed by atoms with Crippen molar-refractivity contribution in [3.63, 3.8) is 0 Å². The topological polar surface area (TPSA) is 27.7 Å². The minimum atomic E-state index is -0.130. The van der Waals surface area contributed by atoms with Gasteiger partial charge in [0.25, 0.3) is 0 Å². The van der Waals surface area contributed by atoms with Gasteiger partial charge in [-0.1, -0.05) is 11.6 Å². The predicted octanol–water partition coefficient (Wildman–Crippen LogP) is 3.63. The third-order valence-electron chi connectivity index (χ3n) is 2.40. The first-order chi connectivity index (χ1) is 8.25. The van der Waals surface area contributed by atoms with Gasteiger partial charge in [0.05, 0.1) is 24.3 Å². The molecule has 0 bridgehead atoms. The van der Waals surface area contributed by atoms with E-state index in [9.17, 15) is 0 Å². The predicted molar refractivity (Wildman–Crippen MR) is 69.6 cm³/mol. The molecule has 94 valence electrons. The maximum Gasteiger partial charge on any atom is 0.160 e. The first kappa shape index (κ1) is 13.1. The zero-order chi connectivity index (χ0) is 12.1. The van der Waals surface area contributed by atoms with Gasteiger partial charge in [-0.05, 0) is 40.5 Å². The van der Waals surface area contributed by atoms with Gasteiger partial charge < -0.3 is 14.2 Å². The second kappa shape index (κ2) is 6.59. The Labute approximate surface area is 114 Å². The SMILES string of the molecule is Clc1ccc(OCCC2OCCCO2)c(Br)c1. The molecule has 0 aromatic heterocycles. The molecule has 1 aromatic carbocycles. The monoisotopic (exact) mass is 320 g/mol. The molecule has 0 atom stereocenters. The van der Waals surface area contributed by atoms with E-state index in [1.165, 1.54) is 0 Å². The van der Waals surface area contributed by atoms with Gasteiger partial charge in [0.1, 0.15) is 5.75 Å². The summed E-state index contributed by atoms with van der Waals surface area (Å²) in [7, 11) is 0. The molecule has 3 nitrogen and oxygen atoms in total. The van der Waals surface area contributed by atoms with Crippen LogP contribution in [-0.2, 0) is 9.47 Å². The Bertz CT molecular complexity index is 367. The van der Waals surface area contributed by atoms with E-state index in [2.05, 4.69) is 15.9 Å². The van der Waals surface area contributed by atoms with Crippen LogP contribution in [0.5, 0.6) is 5.75 Å². The summed E-state index contributed by atoms with van der Waals surface area (Å²) < 4.78 is 17.3. The van der Waals surface area contributed by atoms with Crippen LogP contribution in [0.1, 0.15) is 12.8 Å². The largest absolute Gasteiger partial charge is 0.492 e. The maximum atomic E-state index is 5.85. The fourth-order valence-corrected chi connectivity index (χ4v) is 2.36. The maximum absolute atomic E-state index is 5.85. The quantitative estimate of drug-likeness (QED) is 0.847. The summed E-state index contributed by atoms with van der Waals surface area (Å²) in [6.45, 7) is 2.11. The van der Waals surface area contributed by atoms with Gasteiger partial charge in [-0.15, -0.1) is 0 Å². The first-order valence-corrected chi connectivity index (χ1v) is 6.74. The highest BCUT2D eigenvalue weighted by atomic mass is 79.9. The van der Waals surface area contributed by atoms with Crippen LogP contribution < -0.4 is 4.74 Å². The molecular formula is C12H14BrClO3. The number of benzene rings is 1. The Morgan fingerprint density at radius 3 is 2.82 bits per heavy atom. The zero-order valence-electron chi connectivity index (χ0n) is 9.33. The van der Waals surface area contributed by atoms with Crippen molar-refractivity contribution in [2.75, 3.05) is 19.8 Å². The zero-order valence-corrected chi connectivity index (χ0v) is 11.7. The van der Waals surface area contributed by atoms with Crippen LogP contribution in [0, 0.1) is 0 Å². The van der Waals surface area contributed by atoms with Gasteiger partial charge in [0.2, 0.25) is 0 Å². The summed E-state index contributed by atoms with van der Waals surface area (Å²) in [5.41, 5.74) is 0. The molecule has 1 saturated heterocycles. The van der Waals surface area contributed by atoms with Crippen LogP contribution in [0.25, 0.3) is 0 Å². The number of hydrogen-bond donors (Lipinski definition) is 0. The van der Waals surface area contributed by atoms with Gasteiger partial charge in [-0.25, -0.2) is 0 Å². The minimum absolute atomic E-state index is 0.130. The molecule has 0 saturated carbocycles. The van der Waals surface area contributed by atoms with Gasteiger partial charge >= 0.3 is 0 Å². The van der Waals surface area contributed by atoms with E-state index >= 15 is 0 Å². The van der Waals surface area contributed by atoms with Crippen molar-refractivity contribution in [3.05, 3.63) is 27.7 Å². The van der Waals surface area contributed by atoms with E-state index < -0.39 is 0 Å². The lowest BCUT2D eigenvalue weighted by Gasteiger charge is -2.23. The van der Waals surface area contributed by atoms with Gasteiger partial charge in [0.15, 0.2) is 6.29 Å². The molecule has 5 heteroatoms. The molecule has 0 aliphatic carbocycles. The molecule has 1 fully saturated rings. The van der Waals surface area contributed by atoms with E-state index in [4.69, 9.17) is 25.8 Å². The highest BCUT2D eigenvalue weighted by molar-refractivity contribution is 9.10. The van der Waals surface area contributed by atoms with E-state index in [1.807, 2.05) is 12.1 Å². The molecule has 0 N–H and O–H groups in total. The number of halogens is 2. The fraction of sp³-hybridized carbons (Fsp3) is 0.500. The molecule has 0 unspecified atom stereocenters. The van der Waals surface area contributed by atoms with Crippen molar-refractivity contribution >= 4 is 27.5 Å². The van der Waals surface area contributed by atoms with Crippen molar-refractivity contribution in [1.82, 2.24) is 0 Å². The summed E-state index contributed by atoms with van der Waals surface area (Å²) in [5, 5.41) is 0.683. The molecular weight excluding hydrogens is 307 g/mol. The highest BCUT2D eigenvalue weighted by Crippen LogP contribution is 2.28. The molecule has 17 heavy (non-hydrogen) atoms. The van der Waals surface area contributed by atoms with Crippen LogP contribution in [0.15, 0.2) is 22.7 Å². The molecule has 1 aliphatic rings. The second-order valence-corrected chi connectivity index (χ2v) is 5.03. The van der Waals surface area contributed by atoms with Gasteiger partial charge in [-0.3, -0.25) is 0 Å². The number of rotatable bonds is 4. The second-order valence-electron chi connectivity index (χ2n) is 3.74. The van der Waals surface area contributed by atoms with Crippen molar-refractivity contribution in [1.29, 1.82) is 0 Å². The van der Waals surface area contributed by atoms with Crippen molar-refractivity contribution < 1.29 is 14.2 Å². The third kappa shape index (κ3) is 4.14. The number of ether oxygens (including phenoxy) is 3. The Balaban J connectivity index is 1.77. The summed E-state index contributed by atoms with van der Waals surface area (Å²) >= 11 is 9.25. The van der Waals surface area contributed by atoms with E-state index in [1.54, 1.807) is 6.07 Å². The third-order valence-corrected chi connectivity index (χ3v) is 3.26. The van der Waals surface area contributed by atoms with E-state index in [0.29, 0.717) is 11.6 Å². The van der Waals surface area contributed by atoms with Crippen molar-refractivity contribution in [2.24, 2.45) is 0 Å². The molecule has 0 spiro atoms. The van der Waals surface area contributed by atoms with Crippen molar-refractivity contribution in [3.8, 4) is 5.75 Å². The average molecular weight is 322 g/mol. The summed E-state index contributed by atoms with van der Waals surface area (Å²) in [4.78, 5) is 0. The fourth-order valence-electron chi connectivity index (χ4n) is 1.56. The molecule has 2 rings (SSSR count). The molecule has 0 radical (unpaired) electrons. The lowest BCUT2D eigenvalue weighted by molar-refractivity contribution is -0.183. The van der Waals surface area contributed by atoms with E-state index in [-0.39, 0.29) is 6.29 Å². The van der Waals surface area contributed by atoms with Gasteiger partial charge in [-0.2, -0.15) is 0 Å². The highest BCUT2D eigenvalue weighted by Gasteiger charge is 2.14. The smallest absolute Gasteiger partial charge is 0.160 e. The van der Waals surface area contributed by atoms with Gasteiger partial charge in [0, 0.05) is 11.4 Å². The Morgan fingerprint density at radius 2 is 2.12 bits per heavy atom. The summed E-state index contributed by atoms with van der Waals surface area (Å²) in [6, 6.07) is 5.45. The average Bonchev–Trinajstić information content (AvgIpc) is 2.33. The normalized spacial score (nSPS) is 17.1. The van der Waals surface area contributed by atoms with Crippen LogP contribution in [-0.4, -0.2) is 26.1 Å². The molecule has 1 aromatic rings. The first-order valence-electron chi connectivity index (χ1n) is 5.57. The lowest BCUT2D eigenvalue weighted by atomic mass is 10.3. The van der Waals surface area contributed by atoms with Crippen LogP contribution in [0.2, 0.25) is 5.02 Å². The van der Waals surface area contributed by atoms with E-state index in [0.717, 1.165) is 36.3 Å². The summed E-state index contributed by atoms with van der Waals surface area (Å²) in [5.74, 6) is 0.783. The molecule has 0 amide bonds. The Morgan fingerprint density at radius 1 is 1.35 bits per heavy atom. The van der Waals surface area contributed by atoms with Crippen LogP contribution >= 0.6 is 27.5 Å².